The topological polar surface area (TPSA) is 49.8 Å². The Hall–Kier alpha value is -1.88. The summed E-state index contributed by atoms with van der Waals surface area (Å²) >= 11 is 5.78. The quantitative estimate of drug-likeness (QED) is 0.830. The predicted molar refractivity (Wildman–Crippen MR) is 84.9 cm³/mol. The van der Waals surface area contributed by atoms with Gasteiger partial charge < -0.3 is 10.6 Å². The Labute approximate surface area is 128 Å². The summed E-state index contributed by atoms with van der Waals surface area (Å²) in [5, 5.41) is 6.24. The number of aryl methyl sites for hydroxylation is 1. The van der Waals surface area contributed by atoms with Crippen LogP contribution in [0.2, 0.25) is 5.02 Å². The van der Waals surface area contributed by atoms with E-state index in [0.29, 0.717) is 23.8 Å². The highest BCUT2D eigenvalue weighted by molar-refractivity contribution is 6.31. The molecule has 0 saturated heterocycles. The number of hydrogen-bond donors (Lipinski definition) is 2. The molecule has 0 atom stereocenters. The first-order valence-electron chi connectivity index (χ1n) is 6.97. The molecule has 1 heterocycles. The smallest absolute Gasteiger partial charge is 0.165 e. The van der Waals surface area contributed by atoms with Gasteiger partial charge in [-0.25, -0.2) is 14.4 Å². The van der Waals surface area contributed by atoms with Crippen LogP contribution in [0, 0.1) is 5.82 Å². The van der Waals surface area contributed by atoms with Gasteiger partial charge in [-0.05, 0) is 18.6 Å². The monoisotopic (exact) mass is 308 g/mol. The summed E-state index contributed by atoms with van der Waals surface area (Å²) in [6.45, 7) is 4.88. The summed E-state index contributed by atoms with van der Waals surface area (Å²) in [6, 6.07) is 6.57. The molecule has 1 aromatic heterocycles. The fourth-order valence-electron chi connectivity index (χ4n) is 1.80. The van der Waals surface area contributed by atoms with Crippen molar-refractivity contribution in [2.75, 3.05) is 17.2 Å². The van der Waals surface area contributed by atoms with Gasteiger partial charge in [-0.2, -0.15) is 0 Å². The van der Waals surface area contributed by atoms with Crippen molar-refractivity contribution in [3.8, 4) is 0 Å². The highest BCUT2D eigenvalue weighted by Gasteiger charge is 2.09. The number of anilines is 3. The van der Waals surface area contributed by atoms with Gasteiger partial charge in [-0.1, -0.05) is 31.5 Å². The minimum atomic E-state index is -0.487. The summed E-state index contributed by atoms with van der Waals surface area (Å²) in [6.07, 6.45) is 1.70. The van der Waals surface area contributed by atoms with E-state index in [4.69, 9.17) is 11.6 Å². The SMILES string of the molecule is CCCNc1cc(Nc2cccc(Cl)c2F)nc(CC)n1. The molecule has 0 amide bonds. The van der Waals surface area contributed by atoms with E-state index in [1.165, 1.54) is 6.07 Å². The van der Waals surface area contributed by atoms with Crippen LogP contribution in [0.3, 0.4) is 0 Å². The number of nitrogens with one attached hydrogen (secondary N) is 2. The fraction of sp³-hybridized carbons (Fsp3) is 0.333. The molecule has 112 valence electrons. The maximum Gasteiger partial charge on any atom is 0.165 e. The lowest BCUT2D eigenvalue weighted by Gasteiger charge is -2.11. The van der Waals surface area contributed by atoms with Gasteiger partial charge in [0.15, 0.2) is 5.82 Å². The van der Waals surface area contributed by atoms with Crippen molar-refractivity contribution in [3.63, 3.8) is 0 Å². The van der Waals surface area contributed by atoms with Gasteiger partial charge in [-0.3, -0.25) is 0 Å². The average molecular weight is 309 g/mol. The van der Waals surface area contributed by atoms with Gasteiger partial charge in [0.25, 0.3) is 0 Å². The summed E-state index contributed by atoms with van der Waals surface area (Å²) in [5.74, 6) is 1.48. The van der Waals surface area contributed by atoms with Gasteiger partial charge >= 0.3 is 0 Å². The zero-order chi connectivity index (χ0) is 15.2. The molecule has 1 aromatic carbocycles. The Morgan fingerprint density at radius 3 is 2.67 bits per heavy atom. The number of benzene rings is 1. The number of aromatic nitrogens is 2. The Bertz CT molecular complexity index is 619. The van der Waals surface area contributed by atoms with Crippen molar-refractivity contribution in [2.24, 2.45) is 0 Å². The van der Waals surface area contributed by atoms with Gasteiger partial charge in [0.2, 0.25) is 0 Å². The zero-order valence-electron chi connectivity index (χ0n) is 12.1. The molecule has 0 bridgehead atoms. The molecule has 0 aliphatic rings. The number of nitrogens with zero attached hydrogens (tertiary/aromatic N) is 2. The van der Waals surface area contributed by atoms with E-state index in [-0.39, 0.29) is 5.02 Å². The second-order valence-corrected chi connectivity index (χ2v) is 4.97. The lowest BCUT2D eigenvalue weighted by Crippen LogP contribution is -2.07. The van der Waals surface area contributed by atoms with Crippen molar-refractivity contribution in [3.05, 3.63) is 40.9 Å². The summed E-state index contributed by atoms with van der Waals surface area (Å²) < 4.78 is 13.9. The lowest BCUT2D eigenvalue weighted by atomic mass is 10.3. The predicted octanol–water partition coefficient (Wildman–Crippen LogP) is 4.40. The molecule has 21 heavy (non-hydrogen) atoms. The summed E-state index contributed by atoms with van der Waals surface area (Å²) in [5.41, 5.74) is 0.296. The lowest BCUT2D eigenvalue weighted by molar-refractivity contribution is 0.632. The van der Waals surface area contributed by atoms with Crippen LogP contribution in [0.15, 0.2) is 24.3 Å². The van der Waals surface area contributed by atoms with Gasteiger partial charge in [0.05, 0.1) is 10.7 Å². The maximum atomic E-state index is 13.9. The molecular formula is C15H18ClFN4. The van der Waals surface area contributed by atoms with E-state index < -0.39 is 5.82 Å². The first kappa shape index (κ1) is 15.5. The van der Waals surface area contributed by atoms with Crippen LogP contribution in [-0.4, -0.2) is 16.5 Å². The van der Waals surface area contributed by atoms with E-state index in [9.17, 15) is 4.39 Å². The largest absolute Gasteiger partial charge is 0.370 e. The van der Waals surface area contributed by atoms with Gasteiger partial charge in [0.1, 0.15) is 17.5 Å². The van der Waals surface area contributed by atoms with Crippen molar-refractivity contribution in [1.82, 2.24) is 9.97 Å². The van der Waals surface area contributed by atoms with Crippen molar-refractivity contribution >= 4 is 28.9 Å². The van der Waals surface area contributed by atoms with Crippen LogP contribution >= 0.6 is 11.6 Å². The molecule has 2 N–H and O–H groups in total. The molecule has 0 radical (unpaired) electrons. The standard InChI is InChI=1S/C15H18ClFN4/c1-3-8-18-13-9-14(21-12(4-2)20-13)19-11-7-5-6-10(16)15(11)17/h5-7,9H,3-4,8H2,1-2H3,(H2,18,19,20,21). The second-order valence-electron chi connectivity index (χ2n) is 4.56. The molecule has 2 aromatic rings. The second kappa shape index (κ2) is 7.22. The average Bonchev–Trinajstić information content (AvgIpc) is 2.49. The molecule has 0 aliphatic carbocycles. The Kier molecular flexibility index (Phi) is 5.33. The van der Waals surface area contributed by atoms with Crippen LogP contribution < -0.4 is 10.6 Å². The minimum Gasteiger partial charge on any atom is -0.370 e. The van der Waals surface area contributed by atoms with Crippen molar-refractivity contribution in [1.29, 1.82) is 0 Å². The van der Waals surface area contributed by atoms with Gasteiger partial charge in [-0.15, -0.1) is 0 Å². The van der Waals surface area contributed by atoms with Crippen LogP contribution in [0.1, 0.15) is 26.1 Å². The third-order valence-corrected chi connectivity index (χ3v) is 3.15. The Morgan fingerprint density at radius 2 is 1.95 bits per heavy atom. The first-order chi connectivity index (χ1) is 10.1. The third-order valence-electron chi connectivity index (χ3n) is 2.86. The van der Waals surface area contributed by atoms with Crippen LogP contribution in [0.25, 0.3) is 0 Å². The Balaban J connectivity index is 2.28. The minimum absolute atomic E-state index is 0.0779. The molecule has 0 aliphatic heterocycles. The molecule has 0 spiro atoms. The Morgan fingerprint density at radius 1 is 1.19 bits per heavy atom. The molecule has 0 fully saturated rings. The molecule has 4 nitrogen and oxygen atoms in total. The van der Waals surface area contributed by atoms with E-state index >= 15 is 0 Å². The maximum absolute atomic E-state index is 13.9. The van der Waals surface area contributed by atoms with Gasteiger partial charge in [0, 0.05) is 19.0 Å². The van der Waals surface area contributed by atoms with Crippen LogP contribution in [-0.2, 0) is 6.42 Å². The summed E-state index contributed by atoms with van der Waals surface area (Å²) in [7, 11) is 0. The highest BCUT2D eigenvalue weighted by Crippen LogP contribution is 2.25. The normalized spacial score (nSPS) is 10.5. The third kappa shape index (κ3) is 4.04. The number of rotatable bonds is 6. The molecule has 0 unspecified atom stereocenters. The highest BCUT2D eigenvalue weighted by atomic mass is 35.5. The van der Waals surface area contributed by atoms with E-state index in [0.717, 1.165) is 18.8 Å². The van der Waals surface area contributed by atoms with Crippen molar-refractivity contribution in [2.45, 2.75) is 26.7 Å². The van der Waals surface area contributed by atoms with E-state index in [1.807, 2.05) is 6.92 Å². The fourth-order valence-corrected chi connectivity index (χ4v) is 1.98. The number of halogens is 2. The van der Waals surface area contributed by atoms with Crippen molar-refractivity contribution < 1.29 is 4.39 Å². The molecule has 0 saturated carbocycles. The first-order valence-corrected chi connectivity index (χ1v) is 7.34. The molecular weight excluding hydrogens is 291 g/mol. The van der Waals surface area contributed by atoms with E-state index in [2.05, 4.69) is 27.5 Å². The van der Waals surface area contributed by atoms with E-state index in [1.54, 1.807) is 18.2 Å². The van der Waals surface area contributed by atoms with Crippen LogP contribution in [0.4, 0.5) is 21.7 Å². The zero-order valence-corrected chi connectivity index (χ0v) is 12.8. The molecule has 2 rings (SSSR count). The summed E-state index contributed by atoms with van der Waals surface area (Å²) in [4.78, 5) is 8.74. The molecule has 6 heteroatoms. The van der Waals surface area contributed by atoms with Crippen LogP contribution in [0.5, 0.6) is 0 Å². The number of hydrogen-bond acceptors (Lipinski definition) is 4.